The predicted octanol–water partition coefficient (Wildman–Crippen LogP) is 3.28. The summed E-state index contributed by atoms with van der Waals surface area (Å²) in [5.41, 5.74) is 0. The molecular formula is C15H24O3. The van der Waals surface area contributed by atoms with E-state index in [4.69, 9.17) is 0 Å². The van der Waals surface area contributed by atoms with Gasteiger partial charge in [0.15, 0.2) is 0 Å². The Balaban J connectivity index is 2.36. The second-order valence-electron chi connectivity index (χ2n) is 4.96. The molecule has 3 nitrogen and oxygen atoms in total. The third kappa shape index (κ3) is 4.63. The number of Topliss-reactive ketones (excluding diaryl/α,β-unsaturated/α-hetero) is 1. The minimum absolute atomic E-state index is 0.151. The first-order chi connectivity index (χ1) is 8.69. The van der Waals surface area contributed by atoms with E-state index in [2.05, 4.69) is 23.8 Å². The molecule has 1 fully saturated rings. The number of methoxy groups -OCH3 is 1. The highest BCUT2D eigenvalue weighted by molar-refractivity contribution is 5.83. The number of esters is 1. The average Bonchev–Trinajstić information content (AvgIpc) is 2.71. The van der Waals surface area contributed by atoms with Gasteiger partial charge in [-0.15, -0.1) is 0 Å². The van der Waals surface area contributed by atoms with Gasteiger partial charge in [-0.05, 0) is 38.0 Å². The summed E-state index contributed by atoms with van der Waals surface area (Å²) in [6.07, 6.45) is 10.1. The van der Waals surface area contributed by atoms with Gasteiger partial charge >= 0.3 is 5.97 Å². The summed E-state index contributed by atoms with van der Waals surface area (Å²) >= 11 is 0. The number of rotatable bonds is 7. The number of ether oxygens (including phenoxy) is 1. The van der Waals surface area contributed by atoms with E-state index >= 15 is 0 Å². The Bertz CT molecular complexity index is 307. The van der Waals surface area contributed by atoms with Gasteiger partial charge in [-0.2, -0.15) is 0 Å². The summed E-state index contributed by atoms with van der Waals surface area (Å²) in [6.45, 7) is 2.10. The predicted molar refractivity (Wildman–Crippen MR) is 71.1 cm³/mol. The molecule has 0 radical (unpaired) electrons. The first-order valence-corrected chi connectivity index (χ1v) is 6.93. The van der Waals surface area contributed by atoms with Crippen LogP contribution in [0.15, 0.2) is 12.2 Å². The highest BCUT2D eigenvalue weighted by Gasteiger charge is 2.32. The molecule has 2 unspecified atom stereocenters. The largest absolute Gasteiger partial charge is 0.469 e. The molecule has 0 saturated heterocycles. The van der Waals surface area contributed by atoms with Crippen LogP contribution in [0.1, 0.15) is 51.9 Å². The number of allylic oxidation sites excluding steroid dienone is 2. The molecular weight excluding hydrogens is 228 g/mol. The fourth-order valence-electron chi connectivity index (χ4n) is 2.67. The van der Waals surface area contributed by atoms with Crippen LogP contribution in [0.25, 0.3) is 0 Å². The Morgan fingerprint density at radius 1 is 1.44 bits per heavy atom. The lowest BCUT2D eigenvalue weighted by Gasteiger charge is -2.16. The highest BCUT2D eigenvalue weighted by Crippen LogP contribution is 2.35. The molecule has 0 bridgehead atoms. The second kappa shape index (κ2) is 8.06. The second-order valence-corrected chi connectivity index (χ2v) is 4.96. The fraction of sp³-hybridized carbons (Fsp3) is 0.733. The van der Waals surface area contributed by atoms with Gasteiger partial charge < -0.3 is 4.74 Å². The van der Waals surface area contributed by atoms with Crippen molar-refractivity contribution in [2.45, 2.75) is 51.9 Å². The number of ketones is 1. The smallest absolute Gasteiger partial charge is 0.305 e. The minimum atomic E-state index is -0.151. The van der Waals surface area contributed by atoms with Crippen molar-refractivity contribution in [3.05, 3.63) is 12.2 Å². The maximum Gasteiger partial charge on any atom is 0.305 e. The molecule has 3 heteroatoms. The lowest BCUT2D eigenvalue weighted by Crippen LogP contribution is -2.14. The van der Waals surface area contributed by atoms with Gasteiger partial charge in [0.2, 0.25) is 0 Å². The lowest BCUT2D eigenvalue weighted by molar-refractivity contribution is -0.140. The zero-order valence-electron chi connectivity index (χ0n) is 11.5. The van der Waals surface area contributed by atoms with Crippen LogP contribution < -0.4 is 0 Å². The quantitative estimate of drug-likeness (QED) is 0.516. The lowest BCUT2D eigenvalue weighted by atomic mass is 9.88. The van der Waals surface area contributed by atoms with Gasteiger partial charge in [0, 0.05) is 18.8 Å². The van der Waals surface area contributed by atoms with Crippen molar-refractivity contribution in [1.29, 1.82) is 0 Å². The monoisotopic (exact) mass is 252 g/mol. The SMILES string of the molecule is CCC=CCC1C(=O)CCC1CCCC(=O)OC. The molecule has 1 saturated carbocycles. The van der Waals surface area contributed by atoms with Crippen LogP contribution in [-0.2, 0) is 14.3 Å². The Hall–Kier alpha value is -1.12. The zero-order chi connectivity index (χ0) is 13.4. The first kappa shape index (κ1) is 14.9. The first-order valence-electron chi connectivity index (χ1n) is 6.93. The Kier molecular flexibility index (Phi) is 6.69. The Labute approximate surface area is 110 Å². The van der Waals surface area contributed by atoms with E-state index in [0.717, 1.165) is 32.1 Å². The minimum Gasteiger partial charge on any atom is -0.469 e. The topological polar surface area (TPSA) is 43.4 Å². The molecule has 18 heavy (non-hydrogen) atoms. The van der Waals surface area contributed by atoms with Crippen molar-refractivity contribution >= 4 is 11.8 Å². The molecule has 0 aromatic carbocycles. The van der Waals surface area contributed by atoms with E-state index in [-0.39, 0.29) is 11.9 Å². The van der Waals surface area contributed by atoms with Gasteiger partial charge in [-0.1, -0.05) is 19.1 Å². The van der Waals surface area contributed by atoms with E-state index in [1.165, 1.54) is 7.11 Å². The van der Waals surface area contributed by atoms with Gasteiger partial charge in [-0.25, -0.2) is 0 Å². The van der Waals surface area contributed by atoms with Crippen molar-refractivity contribution in [3.8, 4) is 0 Å². The molecule has 0 aromatic heterocycles. The maximum atomic E-state index is 11.8. The molecule has 102 valence electrons. The van der Waals surface area contributed by atoms with Crippen molar-refractivity contribution in [3.63, 3.8) is 0 Å². The molecule has 1 aliphatic carbocycles. The Morgan fingerprint density at radius 2 is 2.22 bits per heavy atom. The fourth-order valence-corrected chi connectivity index (χ4v) is 2.67. The van der Waals surface area contributed by atoms with Crippen LogP contribution in [0.5, 0.6) is 0 Å². The van der Waals surface area contributed by atoms with Gasteiger partial charge in [0.05, 0.1) is 7.11 Å². The van der Waals surface area contributed by atoms with Crippen LogP contribution in [-0.4, -0.2) is 18.9 Å². The summed E-state index contributed by atoms with van der Waals surface area (Å²) in [5, 5.41) is 0. The van der Waals surface area contributed by atoms with Crippen LogP contribution in [0, 0.1) is 11.8 Å². The number of carbonyl (C=O) groups excluding carboxylic acids is 2. The molecule has 0 spiro atoms. The molecule has 0 aromatic rings. The van der Waals surface area contributed by atoms with Gasteiger partial charge in [0.1, 0.15) is 5.78 Å². The normalized spacial score (nSPS) is 23.8. The maximum absolute atomic E-state index is 11.8. The summed E-state index contributed by atoms with van der Waals surface area (Å²) in [4.78, 5) is 22.8. The summed E-state index contributed by atoms with van der Waals surface area (Å²) < 4.78 is 4.63. The summed E-state index contributed by atoms with van der Waals surface area (Å²) in [6, 6.07) is 0. The van der Waals surface area contributed by atoms with Crippen LogP contribution in [0.2, 0.25) is 0 Å². The molecule has 1 aliphatic rings. The standard InChI is InChI=1S/C15H24O3/c1-3-4-5-8-13-12(10-11-14(13)16)7-6-9-15(17)18-2/h4-5,12-13H,3,6-11H2,1-2H3. The zero-order valence-corrected chi connectivity index (χ0v) is 11.5. The molecule has 0 N–H and O–H groups in total. The molecule has 2 atom stereocenters. The number of carbonyl (C=O) groups is 2. The highest BCUT2D eigenvalue weighted by atomic mass is 16.5. The van der Waals surface area contributed by atoms with Crippen LogP contribution in [0.3, 0.4) is 0 Å². The third-order valence-corrected chi connectivity index (χ3v) is 3.72. The molecule has 0 heterocycles. The van der Waals surface area contributed by atoms with Crippen molar-refractivity contribution in [2.75, 3.05) is 7.11 Å². The van der Waals surface area contributed by atoms with Gasteiger partial charge in [0.25, 0.3) is 0 Å². The van der Waals surface area contributed by atoms with E-state index in [0.29, 0.717) is 24.5 Å². The van der Waals surface area contributed by atoms with E-state index in [1.807, 2.05) is 0 Å². The number of hydrogen-bond donors (Lipinski definition) is 0. The van der Waals surface area contributed by atoms with Crippen LogP contribution >= 0.6 is 0 Å². The van der Waals surface area contributed by atoms with E-state index in [1.54, 1.807) is 0 Å². The van der Waals surface area contributed by atoms with Crippen molar-refractivity contribution in [1.82, 2.24) is 0 Å². The average molecular weight is 252 g/mol. The number of hydrogen-bond acceptors (Lipinski definition) is 3. The van der Waals surface area contributed by atoms with E-state index < -0.39 is 0 Å². The molecule has 0 amide bonds. The molecule has 1 rings (SSSR count). The van der Waals surface area contributed by atoms with E-state index in [9.17, 15) is 9.59 Å². The third-order valence-electron chi connectivity index (χ3n) is 3.72. The summed E-state index contributed by atoms with van der Waals surface area (Å²) in [5.74, 6) is 0.898. The summed E-state index contributed by atoms with van der Waals surface area (Å²) in [7, 11) is 1.42. The van der Waals surface area contributed by atoms with Crippen molar-refractivity contribution in [2.24, 2.45) is 11.8 Å². The van der Waals surface area contributed by atoms with Crippen LogP contribution in [0.4, 0.5) is 0 Å². The molecule has 0 aliphatic heterocycles. The Morgan fingerprint density at radius 3 is 2.89 bits per heavy atom. The van der Waals surface area contributed by atoms with Gasteiger partial charge in [-0.3, -0.25) is 9.59 Å². The van der Waals surface area contributed by atoms with Crippen molar-refractivity contribution < 1.29 is 14.3 Å².